The van der Waals surface area contributed by atoms with E-state index in [0.29, 0.717) is 6.42 Å². The fourth-order valence-electron chi connectivity index (χ4n) is 3.27. The monoisotopic (exact) mass is 354 g/mol. The predicted octanol–water partition coefficient (Wildman–Crippen LogP) is 4.84. The van der Waals surface area contributed by atoms with Gasteiger partial charge < -0.3 is 9.84 Å². The van der Waals surface area contributed by atoms with E-state index in [1.165, 1.54) is 21.9 Å². The molecule has 4 rings (SSSR count). The van der Waals surface area contributed by atoms with Crippen molar-refractivity contribution < 1.29 is 9.84 Å². The van der Waals surface area contributed by atoms with Gasteiger partial charge in [0.2, 0.25) is 0 Å². The summed E-state index contributed by atoms with van der Waals surface area (Å²) in [6, 6.07) is 20.6. The van der Waals surface area contributed by atoms with Crippen LogP contribution in [-0.4, -0.2) is 11.4 Å². The van der Waals surface area contributed by atoms with Crippen LogP contribution in [0.4, 0.5) is 0 Å². The van der Waals surface area contributed by atoms with E-state index in [-0.39, 0.29) is 5.92 Å². The van der Waals surface area contributed by atoms with Crippen LogP contribution in [0, 0.1) is 0 Å². The van der Waals surface area contributed by atoms with Crippen LogP contribution in [0.5, 0.6) is 5.75 Å². The highest BCUT2D eigenvalue weighted by atomic mass is 79.9. The van der Waals surface area contributed by atoms with Gasteiger partial charge >= 0.3 is 0 Å². The van der Waals surface area contributed by atoms with Crippen LogP contribution >= 0.6 is 15.9 Å². The molecule has 3 aromatic carbocycles. The van der Waals surface area contributed by atoms with Gasteiger partial charge in [0.25, 0.3) is 0 Å². The first-order valence-electron chi connectivity index (χ1n) is 7.34. The molecular weight excluding hydrogens is 340 g/mol. The molecule has 0 saturated carbocycles. The van der Waals surface area contributed by atoms with E-state index in [0.717, 1.165) is 10.2 Å². The Bertz CT molecular complexity index is 829. The molecule has 22 heavy (non-hydrogen) atoms. The van der Waals surface area contributed by atoms with Gasteiger partial charge in [0.15, 0.2) is 6.29 Å². The number of aliphatic hydroxyl groups is 1. The fourth-order valence-corrected chi connectivity index (χ4v) is 3.65. The summed E-state index contributed by atoms with van der Waals surface area (Å²) in [6.07, 6.45) is -0.183. The van der Waals surface area contributed by atoms with E-state index in [2.05, 4.69) is 46.3 Å². The van der Waals surface area contributed by atoms with Gasteiger partial charge in [-0.05, 0) is 34.5 Å². The molecule has 1 aliphatic heterocycles. The molecule has 3 aromatic rings. The maximum atomic E-state index is 10.1. The SMILES string of the molecule is O[C@H]1C[C@H](c2ccccc2)c2c(ccc3cc(Br)ccc23)O1. The van der Waals surface area contributed by atoms with Crippen molar-refractivity contribution in [3.63, 3.8) is 0 Å². The molecule has 110 valence electrons. The van der Waals surface area contributed by atoms with E-state index in [1.54, 1.807) is 0 Å². The lowest BCUT2D eigenvalue weighted by Gasteiger charge is -2.31. The molecule has 1 heterocycles. The molecule has 0 fully saturated rings. The third-order valence-electron chi connectivity index (χ3n) is 4.23. The van der Waals surface area contributed by atoms with Crippen molar-refractivity contribution >= 4 is 26.7 Å². The van der Waals surface area contributed by atoms with Crippen LogP contribution in [0.1, 0.15) is 23.5 Å². The van der Waals surface area contributed by atoms with Gasteiger partial charge in [0.1, 0.15) is 5.75 Å². The van der Waals surface area contributed by atoms with Gasteiger partial charge in [-0.25, -0.2) is 0 Å². The number of benzene rings is 3. The molecular formula is C19H15BrO2. The highest BCUT2D eigenvalue weighted by molar-refractivity contribution is 9.10. The van der Waals surface area contributed by atoms with Crippen molar-refractivity contribution in [2.75, 3.05) is 0 Å². The van der Waals surface area contributed by atoms with Crippen molar-refractivity contribution in [1.82, 2.24) is 0 Å². The molecule has 2 nitrogen and oxygen atoms in total. The Morgan fingerprint density at radius 1 is 1.00 bits per heavy atom. The minimum atomic E-state index is -0.759. The third kappa shape index (κ3) is 2.31. The second kappa shape index (κ2) is 5.41. The minimum Gasteiger partial charge on any atom is -0.465 e. The van der Waals surface area contributed by atoms with Gasteiger partial charge in [0.05, 0.1) is 0 Å². The Labute approximate surface area is 137 Å². The zero-order valence-electron chi connectivity index (χ0n) is 11.9. The van der Waals surface area contributed by atoms with Crippen LogP contribution < -0.4 is 4.74 Å². The molecule has 0 aliphatic carbocycles. The number of halogens is 1. The first-order chi connectivity index (χ1) is 10.7. The number of rotatable bonds is 1. The van der Waals surface area contributed by atoms with E-state index in [1.807, 2.05) is 30.3 Å². The van der Waals surface area contributed by atoms with Crippen molar-refractivity contribution in [2.24, 2.45) is 0 Å². The lowest BCUT2D eigenvalue weighted by Crippen LogP contribution is -2.25. The van der Waals surface area contributed by atoms with Crippen molar-refractivity contribution in [3.8, 4) is 5.75 Å². The second-order valence-corrected chi connectivity index (χ2v) is 6.53. The zero-order valence-corrected chi connectivity index (χ0v) is 13.5. The first kappa shape index (κ1) is 13.8. The quantitative estimate of drug-likeness (QED) is 0.677. The topological polar surface area (TPSA) is 29.5 Å². The maximum Gasteiger partial charge on any atom is 0.198 e. The summed E-state index contributed by atoms with van der Waals surface area (Å²) in [7, 11) is 0. The molecule has 0 amide bonds. The molecule has 3 heteroatoms. The van der Waals surface area contributed by atoms with Crippen LogP contribution in [0.2, 0.25) is 0 Å². The first-order valence-corrected chi connectivity index (χ1v) is 8.13. The van der Waals surface area contributed by atoms with Gasteiger partial charge in [0, 0.05) is 22.4 Å². The lowest BCUT2D eigenvalue weighted by atomic mass is 9.83. The molecule has 1 aliphatic rings. The standard InChI is InChI=1S/C19H15BrO2/c20-14-7-8-15-13(10-14)6-9-17-19(15)16(11-18(21)22-17)12-4-2-1-3-5-12/h1-10,16,18,21H,11H2/t16-,18-/m1/s1. The molecule has 0 saturated heterocycles. The Morgan fingerprint density at radius 3 is 2.64 bits per heavy atom. The van der Waals surface area contributed by atoms with Gasteiger partial charge in [-0.2, -0.15) is 0 Å². The molecule has 0 unspecified atom stereocenters. The van der Waals surface area contributed by atoms with Crippen LogP contribution in [0.3, 0.4) is 0 Å². The van der Waals surface area contributed by atoms with Gasteiger partial charge in [-0.1, -0.05) is 58.4 Å². The van der Waals surface area contributed by atoms with Crippen LogP contribution in [0.15, 0.2) is 65.1 Å². The predicted molar refractivity (Wildman–Crippen MR) is 91.2 cm³/mol. The van der Waals surface area contributed by atoms with Gasteiger partial charge in [-0.15, -0.1) is 0 Å². The Morgan fingerprint density at radius 2 is 1.82 bits per heavy atom. The number of hydrogen-bond acceptors (Lipinski definition) is 2. The fraction of sp³-hybridized carbons (Fsp3) is 0.158. The third-order valence-corrected chi connectivity index (χ3v) is 4.73. The van der Waals surface area contributed by atoms with Crippen molar-refractivity contribution in [2.45, 2.75) is 18.6 Å². The van der Waals surface area contributed by atoms with Crippen molar-refractivity contribution in [3.05, 3.63) is 76.3 Å². The number of ether oxygens (including phenoxy) is 1. The minimum absolute atomic E-state index is 0.143. The highest BCUT2D eigenvalue weighted by Gasteiger charge is 2.29. The summed E-state index contributed by atoms with van der Waals surface area (Å²) in [5, 5.41) is 12.4. The summed E-state index contributed by atoms with van der Waals surface area (Å²) in [5.74, 6) is 0.923. The number of fused-ring (bicyclic) bond motifs is 3. The average Bonchev–Trinajstić information content (AvgIpc) is 2.54. The zero-order chi connectivity index (χ0) is 15.1. The summed E-state index contributed by atoms with van der Waals surface area (Å²) < 4.78 is 6.73. The molecule has 0 radical (unpaired) electrons. The maximum absolute atomic E-state index is 10.1. The average molecular weight is 355 g/mol. The summed E-state index contributed by atoms with van der Waals surface area (Å²) >= 11 is 3.53. The number of aliphatic hydroxyl groups excluding tert-OH is 1. The summed E-state index contributed by atoms with van der Waals surface area (Å²) in [5.41, 5.74) is 2.38. The molecule has 0 aromatic heterocycles. The lowest BCUT2D eigenvalue weighted by molar-refractivity contribution is -0.0355. The molecule has 0 spiro atoms. The molecule has 2 atom stereocenters. The van der Waals surface area contributed by atoms with Crippen LogP contribution in [-0.2, 0) is 0 Å². The van der Waals surface area contributed by atoms with E-state index >= 15 is 0 Å². The Hall–Kier alpha value is -1.84. The van der Waals surface area contributed by atoms with Crippen LogP contribution in [0.25, 0.3) is 10.8 Å². The highest BCUT2D eigenvalue weighted by Crippen LogP contribution is 2.44. The largest absolute Gasteiger partial charge is 0.465 e. The Kier molecular flexibility index (Phi) is 3.40. The van der Waals surface area contributed by atoms with E-state index in [9.17, 15) is 5.11 Å². The second-order valence-electron chi connectivity index (χ2n) is 5.61. The van der Waals surface area contributed by atoms with E-state index in [4.69, 9.17) is 4.74 Å². The van der Waals surface area contributed by atoms with E-state index < -0.39 is 6.29 Å². The van der Waals surface area contributed by atoms with Gasteiger partial charge in [-0.3, -0.25) is 0 Å². The normalized spacial score (nSPS) is 20.5. The Balaban J connectivity index is 1.97. The molecule has 0 bridgehead atoms. The molecule has 1 N–H and O–H groups in total. The smallest absolute Gasteiger partial charge is 0.198 e. The number of hydrogen-bond donors (Lipinski definition) is 1. The van der Waals surface area contributed by atoms with Crippen molar-refractivity contribution in [1.29, 1.82) is 0 Å². The summed E-state index contributed by atoms with van der Waals surface area (Å²) in [4.78, 5) is 0. The summed E-state index contributed by atoms with van der Waals surface area (Å²) in [6.45, 7) is 0.